The van der Waals surface area contributed by atoms with Crippen LogP contribution < -0.4 is 0 Å². The lowest BCUT2D eigenvalue weighted by atomic mass is 9.90. The highest BCUT2D eigenvalue weighted by atomic mass is 79.9. The number of aromatic nitrogens is 2. The average Bonchev–Trinajstić information content (AvgIpc) is 2.94. The van der Waals surface area contributed by atoms with Crippen LogP contribution in [0, 0.1) is 11.8 Å². The number of hydrogen-bond donors (Lipinski definition) is 1. The standard InChI is InChI=1S/C14H15BrN2O/c1-8-3-2-4-10(8)13(18)12-7-17-14-11(12)5-9(15)6-16-14/h5-8,10H,2-4H2,1H3,(H,16,17). The molecule has 1 saturated carbocycles. The Labute approximate surface area is 114 Å². The van der Waals surface area contributed by atoms with Crippen LogP contribution in [0.25, 0.3) is 11.0 Å². The number of nitrogens with zero attached hydrogens (tertiary/aromatic N) is 1. The Morgan fingerprint density at radius 2 is 2.33 bits per heavy atom. The van der Waals surface area contributed by atoms with E-state index in [4.69, 9.17) is 0 Å². The van der Waals surface area contributed by atoms with Gasteiger partial charge in [-0.3, -0.25) is 4.79 Å². The summed E-state index contributed by atoms with van der Waals surface area (Å²) in [5, 5.41) is 0.925. The van der Waals surface area contributed by atoms with E-state index < -0.39 is 0 Å². The van der Waals surface area contributed by atoms with E-state index in [1.807, 2.05) is 6.07 Å². The van der Waals surface area contributed by atoms with Gasteiger partial charge in [0.1, 0.15) is 5.65 Å². The zero-order chi connectivity index (χ0) is 12.7. The third kappa shape index (κ3) is 1.88. The van der Waals surface area contributed by atoms with E-state index >= 15 is 0 Å². The van der Waals surface area contributed by atoms with Crippen molar-refractivity contribution in [2.75, 3.05) is 0 Å². The number of H-pyrrole nitrogens is 1. The highest BCUT2D eigenvalue weighted by Crippen LogP contribution is 2.35. The van der Waals surface area contributed by atoms with Gasteiger partial charge in [-0.05, 0) is 40.8 Å². The van der Waals surface area contributed by atoms with E-state index in [1.165, 1.54) is 12.8 Å². The summed E-state index contributed by atoms with van der Waals surface area (Å²) in [5.74, 6) is 0.955. The molecule has 1 aliphatic carbocycles. The molecule has 0 radical (unpaired) electrons. The average molecular weight is 307 g/mol. The number of halogens is 1. The van der Waals surface area contributed by atoms with Gasteiger partial charge in [-0.1, -0.05) is 13.3 Å². The van der Waals surface area contributed by atoms with E-state index in [1.54, 1.807) is 12.4 Å². The Bertz CT molecular complexity index is 605. The number of pyridine rings is 1. The molecule has 18 heavy (non-hydrogen) atoms. The predicted molar refractivity (Wildman–Crippen MR) is 74.6 cm³/mol. The molecule has 2 unspecified atom stereocenters. The van der Waals surface area contributed by atoms with Gasteiger partial charge in [-0.15, -0.1) is 0 Å². The maximum atomic E-state index is 12.6. The van der Waals surface area contributed by atoms with Gasteiger partial charge in [0.05, 0.1) is 0 Å². The number of nitrogens with one attached hydrogen (secondary N) is 1. The smallest absolute Gasteiger partial charge is 0.168 e. The van der Waals surface area contributed by atoms with Crippen LogP contribution >= 0.6 is 15.9 Å². The molecule has 3 rings (SSSR count). The van der Waals surface area contributed by atoms with Crippen LogP contribution in [0.4, 0.5) is 0 Å². The molecular formula is C14H15BrN2O. The van der Waals surface area contributed by atoms with Gasteiger partial charge < -0.3 is 4.98 Å². The van der Waals surface area contributed by atoms with Crippen molar-refractivity contribution in [3.8, 4) is 0 Å². The van der Waals surface area contributed by atoms with Gasteiger partial charge >= 0.3 is 0 Å². The Morgan fingerprint density at radius 3 is 3.06 bits per heavy atom. The van der Waals surface area contributed by atoms with Gasteiger partial charge in [0, 0.05) is 33.7 Å². The van der Waals surface area contributed by atoms with Crippen molar-refractivity contribution < 1.29 is 4.79 Å². The van der Waals surface area contributed by atoms with E-state index in [0.717, 1.165) is 27.5 Å². The summed E-state index contributed by atoms with van der Waals surface area (Å²) in [5.41, 5.74) is 1.57. The van der Waals surface area contributed by atoms with E-state index in [9.17, 15) is 4.79 Å². The monoisotopic (exact) mass is 306 g/mol. The number of rotatable bonds is 2. The molecule has 0 aliphatic heterocycles. The van der Waals surface area contributed by atoms with E-state index in [-0.39, 0.29) is 11.7 Å². The summed E-state index contributed by atoms with van der Waals surface area (Å²) in [6, 6.07) is 1.96. The minimum atomic E-state index is 0.183. The van der Waals surface area contributed by atoms with Crippen LogP contribution in [0.15, 0.2) is 22.9 Å². The first-order valence-electron chi connectivity index (χ1n) is 6.33. The molecule has 2 aromatic rings. The van der Waals surface area contributed by atoms with Crippen molar-refractivity contribution in [1.29, 1.82) is 0 Å². The number of fused-ring (bicyclic) bond motifs is 1. The summed E-state index contributed by atoms with van der Waals surface area (Å²) < 4.78 is 0.906. The van der Waals surface area contributed by atoms with Crippen molar-refractivity contribution in [2.24, 2.45) is 11.8 Å². The largest absolute Gasteiger partial charge is 0.345 e. The maximum absolute atomic E-state index is 12.6. The van der Waals surface area contributed by atoms with Gasteiger partial charge in [0.15, 0.2) is 5.78 Å². The van der Waals surface area contributed by atoms with Crippen LogP contribution in [0.5, 0.6) is 0 Å². The van der Waals surface area contributed by atoms with Crippen molar-refractivity contribution in [1.82, 2.24) is 9.97 Å². The zero-order valence-corrected chi connectivity index (χ0v) is 11.8. The lowest BCUT2D eigenvalue weighted by Gasteiger charge is -2.13. The van der Waals surface area contributed by atoms with Crippen LogP contribution in [0.3, 0.4) is 0 Å². The Kier molecular flexibility index (Phi) is 2.98. The van der Waals surface area contributed by atoms with Crippen molar-refractivity contribution in [3.05, 3.63) is 28.5 Å². The third-order valence-electron chi connectivity index (χ3n) is 3.96. The lowest BCUT2D eigenvalue weighted by molar-refractivity contribution is 0.0899. The fraction of sp³-hybridized carbons (Fsp3) is 0.429. The summed E-state index contributed by atoms with van der Waals surface area (Å²) in [6.45, 7) is 2.18. The minimum Gasteiger partial charge on any atom is -0.345 e. The molecule has 1 fully saturated rings. The molecule has 4 heteroatoms. The number of hydrogen-bond acceptors (Lipinski definition) is 2. The molecule has 2 heterocycles. The maximum Gasteiger partial charge on any atom is 0.168 e. The molecule has 3 nitrogen and oxygen atoms in total. The lowest BCUT2D eigenvalue weighted by Crippen LogP contribution is -2.16. The summed E-state index contributed by atoms with van der Waals surface area (Å²) in [6.07, 6.45) is 6.90. The summed E-state index contributed by atoms with van der Waals surface area (Å²) in [7, 11) is 0. The summed E-state index contributed by atoms with van der Waals surface area (Å²) >= 11 is 3.41. The van der Waals surface area contributed by atoms with Crippen LogP contribution in [0.2, 0.25) is 0 Å². The molecule has 0 bridgehead atoms. The van der Waals surface area contributed by atoms with Gasteiger partial charge in [0.2, 0.25) is 0 Å². The normalized spacial score (nSPS) is 23.7. The first-order chi connectivity index (χ1) is 8.66. The fourth-order valence-corrected chi connectivity index (χ4v) is 3.25. The molecular weight excluding hydrogens is 292 g/mol. The number of Topliss-reactive ketones (excluding diaryl/α,β-unsaturated/α-hetero) is 1. The predicted octanol–water partition coefficient (Wildman–Crippen LogP) is 3.94. The van der Waals surface area contributed by atoms with Crippen LogP contribution in [0.1, 0.15) is 36.5 Å². The molecule has 0 aromatic carbocycles. The zero-order valence-electron chi connectivity index (χ0n) is 10.2. The molecule has 0 saturated heterocycles. The molecule has 2 atom stereocenters. The van der Waals surface area contributed by atoms with Gasteiger partial charge in [-0.2, -0.15) is 0 Å². The Hall–Kier alpha value is -1.16. The first-order valence-corrected chi connectivity index (χ1v) is 7.13. The molecule has 1 aliphatic rings. The second-order valence-electron chi connectivity index (χ2n) is 5.13. The van der Waals surface area contributed by atoms with Crippen molar-refractivity contribution in [3.63, 3.8) is 0 Å². The minimum absolute atomic E-state index is 0.183. The van der Waals surface area contributed by atoms with Crippen LogP contribution in [-0.2, 0) is 0 Å². The fourth-order valence-electron chi connectivity index (χ4n) is 2.92. The van der Waals surface area contributed by atoms with Crippen molar-refractivity contribution in [2.45, 2.75) is 26.2 Å². The van der Waals surface area contributed by atoms with Crippen LogP contribution in [-0.4, -0.2) is 15.8 Å². The van der Waals surface area contributed by atoms with Gasteiger partial charge in [0.25, 0.3) is 0 Å². The molecule has 2 aromatic heterocycles. The molecule has 0 spiro atoms. The highest BCUT2D eigenvalue weighted by Gasteiger charge is 2.31. The molecule has 94 valence electrons. The molecule has 0 amide bonds. The van der Waals surface area contributed by atoms with E-state index in [2.05, 4.69) is 32.8 Å². The van der Waals surface area contributed by atoms with Gasteiger partial charge in [-0.25, -0.2) is 4.98 Å². The molecule has 1 N–H and O–H groups in total. The Morgan fingerprint density at radius 1 is 1.50 bits per heavy atom. The van der Waals surface area contributed by atoms with Crippen molar-refractivity contribution >= 4 is 32.7 Å². The Balaban J connectivity index is 2.03. The second-order valence-corrected chi connectivity index (χ2v) is 6.05. The second kappa shape index (κ2) is 4.50. The number of carbonyl (C=O) groups excluding carboxylic acids is 1. The number of aromatic amines is 1. The third-order valence-corrected chi connectivity index (χ3v) is 4.40. The first kappa shape index (κ1) is 11.9. The summed E-state index contributed by atoms with van der Waals surface area (Å²) in [4.78, 5) is 19.9. The van der Waals surface area contributed by atoms with E-state index in [0.29, 0.717) is 5.92 Å². The topological polar surface area (TPSA) is 45.8 Å². The highest BCUT2D eigenvalue weighted by molar-refractivity contribution is 9.10. The quantitative estimate of drug-likeness (QED) is 0.854. The number of carbonyl (C=O) groups is 1. The SMILES string of the molecule is CC1CCCC1C(=O)c1c[nH]c2ncc(Br)cc12. The number of ketones is 1.